The number of allylic oxidation sites excluding steroid dienone is 4. The molecule has 48 heavy (non-hydrogen) atoms. The van der Waals surface area contributed by atoms with E-state index in [1.165, 1.54) is 121 Å². The van der Waals surface area contributed by atoms with Gasteiger partial charge in [-0.05, 0) is 49.6 Å². The Hall–Kier alpha value is -2.77. The number of benzene rings is 4. The molecule has 0 aromatic heterocycles. The number of rotatable bonds is 4. The summed E-state index contributed by atoms with van der Waals surface area (Å²) in [5, 5.41) is 6.24. The quantitative estimate of drug-likeness (QED) is 0.168. The highest BCUT2D eigenvalue weighted by molar-refractivity contribution is 6.55. The first-order chi connectivity index (χ1) is 23.7. The highest BCUT2D eigenvalue weighted by atomic mass is 28.2. The van der Waals surface area contributed by atoms with Gasteiger partial charge in [0, 0.05) is 20.5 Å². The van der Waals surface area contributed by atoms with Crippen LogP contribution in [0.1, 0.15) is 89.9 Å². The van der Waals surface area contributed by atoms with Gasteiger partial charge in [0.25, 0.3) is 0 Å². The van der Waals surface area contributed by atoms with Crippen LogP contribution in [0.5, 0.6) is 0 Å². The summed E-state index contributed by atoms with van der Waals surface area (Å²) in [5.74, 6) is 0. The molecule has 4 aromatic rings. The minimum atomic E-state index is 0.0650. The lowest BCUT2D eigenvalue weighted by molar-refractivity contribution is 0.873. The van der Waals surface area contributed by atoms with E-state index in [2.05, 4.69) is 133 Å². The van der Waals surface area contributed by atoms with Crippen LogP contribution in [0.15, 0.2) is 146 Å². The molecule has 0 saturated heterocycles. The van der Waals surface area contributed by atoms with Gasteiger partial charge in [-0.3, -0.25) is 0 Å². The molecule has 0 nitrogen and oxygen atoms in total. The molecule has 8 rings (SSSR count). The van der Waals surface area contributed by atoms with Gasteiger partial charge in [-0.1, -0.05) is 218 Å². The predicted octanol–water partition coefficient (Wildman–Crippen LogP) is 6.49. The largest absolute Gasteiger partial charge is 0.0885 e. The molecule has 256 valence electrons. The summed E-state index contributed by atoms with van der Waals surface area (Å²) in [7, 11) is 2.48. The molecule has 0 atom stereocenters. The van der Waals surface area contributed by atoms with Crippen molar-refractivity contribution in [1.29, 1.82) is 0 Å². The Balaban J connectivity index is 0.000000162. The van der Waals surface area contributed by atoms with Gasteiger partial charge in [0.2, 0.25) is 0 Å². The van der Waals surface area contributed by atoms with Gasteiger partial charge in [0.1, 0.15) is 0 Å². The average Bonchev–Trinajstić information content (AvgIpc) is 3.98. The van der Waals surface area contributed by atoms with E-state index in [9.17, 15) is 0 Å². The molecule has 0 heterocycles. The molecular formula is C44H64Si4. The van der Waals surface area contributed by atoms with Crippen LogP contribution in [0.4, 0.5) is 0 Å². The number of hydrogen-bond donors (Lipinski definition) is 0. The molecule has 0 aliphatic heterocycles. The first-order valence-corrected chi connectivity index (χ1v) is 24.1. The van der Waals surface area contributed by atoms with Crippen molar-refractivity contribution in [2.24, 2.45) is 0 Å². The Morgan fingerprint density at radius 2 is 0.625 bits per heavy atom. The van der Waals surface area contributed by atoms with Crippen molar-refractivity contribution in [2.45, 2.75) is 101 Å². The zero-order valence-electron chi connectivity index (χ0n) is 30.3. The fraction of sp³-hybridized carbons (Fsp3) is 0.364. The maximum absolute atomic E-state index is 2.31. The van der Waals surface area contributed by atoms with Gasteiger partial charge in [-0.15, -0.1) is 0 Å². The summed E-state index contributed by atoms with van der Waals surface area (Å²) in [6.45, 7) is 0. The second kappa shape index (κ2) is 27.1. The van der Waals surface area contributed by atoms with E-state index in [1.807, 2.05) is 12.1 Å². The van der Waals surface area contributed by atoms with Crippen LogP contribution in [0.2, 0.25) is 11.1 Å². The van der Waals surface area contributed by atoms with E-state index in [4.69, 9.17) is 0 Å². The minimum absolute atomic E-state index is 0.0650. The Labute approximate surface area is 305 Å². The molecule has 0 amide bonds. The van der Waals surface area contributed by atoms with E-state index in [0.29, 0.717) is 0 Å². The lowest BCUT2D eigenvalue weighted by Gasteiger charge is -2.06. The lowest BCUT2D eigenvalue weighted by atomic mass is 10.4. The highest BCUT2D eigenvalue weighted by Crippen LogP contribution is 2.29. The summed E-state index contributed by atoms with van der Waals surface area (Å²) < 4.78 is 0. The molecule has 4 aromatic carbocycles. The van der Waals surface area contributed by atoms with Crippen LogP contribution in [-0.4, -0.2) is 39.5 Å². The molecule has 0 N–H and O–H groups in total. The third-order valence-electron chi connectivity index (χ3n) is 9.38. The predicted molar refractivity (Wildman–Crippen MR) is 232 cm³/mol. The molecule has 4 aliphatic rings. The van der Waals surface area contributed by atoms with Crippen molar-refractivity contribution in [3.05, 3.63) is 146 Å². The molecule has 4 aliphatic carbocycles. The van der Waals surface area contributed by atoms with Gasteiger partial charge in [0.15, 0.2) is 0 Å². The monoisotopic (exact) mass is 704 g/mol. The summed E-state index contributed by atoms with van der Waals surface area (Å²) in [5.41, 5.74) is 2.24. The molecule has 0 unspecified atom stereocenters. The Kier molecular flexibility index (Phi) is 22.4. The summed E-state index contributed by atoms with van der Waals surface area (Å²) >= 11 is 0. The Bertz CT molecular complexity index is 1210. The zero-order valence-corrected chi connectivity index (χ0v) is 37.2. The summed E-state index contributed by atoms with van der Waals surface area (Å²) in [4.78, 5) is 0. The normalized spacial score (nSPS) is 16.7. The van der Waals surface area contributed by atoms with E-state index in [-0.39, 0.29) is 19.0 Å². The van der Waals surface area contributed by atoms with Crippen LogP contribution >= 0.6 is 0 Å². The third-order valence-corrected chi connectivity index (χ3v) is 15.4. The van der Waals surface area contributed by atoms with Crippen molar-refractivity contribution in [2.75, 3.05) is 0 Å². The molecule has 0 radical (unpaired) electrons. The maximum Gasteiger partial charge on any atom is 0.0578 e. The van der Waals surface area contributed by atoms with Crippen LogP contribution < -0.4 is 20.7 Å². The topological polar surface area (TPSA) is 0 Å². The first kappa shape index (κ1) is 39.7. The van der Waals surface area contributed by atoms with Crippen LogP contribution in [0.25, 0.3) is 0 Å². The van der Waals surface area contributed by atoms with Crippen LogP contribution in [0, 0.1) is 0 Å². The SMILES string of the molecule is C1=CCCC1.C1=CCCC1.[SiH3]c1ccccc1.[SiH3]c1ccccc1.c1ccc([SiH2]C2CCCC2)cc1.c1ccc([SiH2]C2CCCC2)cc1. The fourth-order valence-electron chi connectivity index (χ4n) is 6.57. The second-order valence-corrected chi connectivity index (χ2v) is 20.9. The standard InChI is InChI=1S/2C11H16Si.2C6H8Si.2C5H8/c2*1-2-6-10(7-3-1)12-11-8-4-5-9-11;2*7-6-4-2-1-3-5-6;2*1-2-4-5-3-1/h2*1-3,6-7,11H,4-5,8-9,12H2;2*1-5H,7H3;2*1-2H,3-5H2. The Morgan fingerprint density at radius 3 is 0.833 bits per heavy atom. The van der Waals surface area contributed by atoms with Gasteiger partial charge < -0.3 is 0 Å². The molecule has 0 spiro atoms. The van der Waals surface area contributed by atoms with E-state index in [0.717, 1.165) is 11.1 Å². The Morgan fingerprint density at radius 1 is 0.354 bits per heavy atom. The smallest absolute Gasteiger partial charge is 0.0578 e. The second-order valence-electron chi connectivity index (χ2n) is 13.8. The maximum atomic E-state index is 2.31. The van der Waals surface area contributed by atoms with Crippen molar-refractivity contribution in [3.63, 3.8) is 0 Å². The third kappa shape index (κ3) is 20.6. The van der Waals surface area contributed by atoms with Gasteiger partial charge >= 0.3 is 0 Å². The van der Waals surface area contributed by atoms with Crippen molar-refractivity contribution >= 4 is 60.3 Å². The lowest BCUT2D eigenvalue weighted by Crippen LogP contribution is -2.17. The van der Waals surface area contributed by atoms with Crippen molar-refractivity contribution in [3.8, 4) is 0 Å². The molecule has 2 saturated carbocycles. The fourth-order valence-corrected chi connectivity index (χ4v) is 11.7. The molecular weight excluding hydrogens is 641 g/mol. The molecule has 0 bridgehead atoms. The zero-order chi connectivity index (χ0) is 33.7. The van der Waals surface area contributed by atoms with Gasteiger partial charge in [0.05, 0.1) is 19.0 Å². The van der Waals surface area contributed by atoms with Crippen molar-refractivity contribution in [1.82, 2.24) is 0 Å². The first-order valence-electron chi connectivity index (χ1n) is 19.1. The van der Waals surface area contributed by atoms with E-state index in [1.54, 1.807) is 10.4 Å². The van der Waals surface area contributed by atoms with Gasteiger partial charge in [-0.2, -0.15) is 0 Å². The van der Waals surface area contributed by atoms with Crippen LogP contribution in [-0.2, 0) is 0 Å². The molecule has 2 fully saturated rings. The van der Waals surface area contributed by atoms with Gasteiger partial charge in [-0.25, -0.2) is 0 Å². The summed E-state index contributed by atoms with van der Waals surface area (Å²) in [6.07, 6.45) is 29.0. The molecule has 4 heteroatoms. The van der Waals surface area contributed by atoms with E-state index >= 15 is 0 Å². The van der Waals surface area contributed by atoms with E-state index < -0.39 is 0 Å². The number of hydrogen-bond acceptors (Lipinski definition) is 0. The van der Waals surface area contributed by atoms with Crippen molar-refractivity contribution < 1.29 is 0 Å². The highest BCUT2D eigenvalue weighted by Gasteiger charge is 2.16. The average molecular weight is 705 g/mol. The van der Waals surface area contributed by atoms with Crippen LogP contribution in [0.3, 0.4) is 0 Å². The minimum Gasteiger partial charge on any atom is -0.0885 e. The summed E-state index contributed by atoms with van der Waals surface area (Å²) in [6, 6.07) is 43.1.